The third-order valence-corrected chi connectivity index (χ3v) is 4.71. The molecule has 3 heterocycles. The second-order valence-electron chi connectivity index (χ2n) is 6.49. The Balaban J connectivity index is 1.55. The smallest absolute Gasteiger partial charge is 0.291 e. The molecule has 4 rings (SSSR count). The normalized spacial score (nSPS) is 18.0. The summed E-state index contributed by atoms with van der Waals surface area (Å²) >= 11 is 0. The van der Waals surface area contributed by atoms with Gasteiger partial charge in [-0.05, 0) is 31.9 Å². The van der Waals surface area contributed by atoms with Gasteiger partial charge in [-0.1, -0.05) is 19.1 Å². The molecule has 1 fully saturated rings. The van der Waals surface area contributed by atoms with E-state index in [0.717, 1.165) is 30.5 Å². The summed E-state index contributed by atoms with van der Waals surface area (Å²) < 4.78 is 11.5. The molecule has 1 aliphatic rings. The summed E-state index contributed by atoms with van der Waals surface area (Å²) in [5.41, 5.74) is 2.31. The van der Waals surface area contributed by atoms with Gasteiger partial charge in [-0.3, -0.25) is 4.79 Å². The van der Waals surface area contributed by atoms with Gasteiger partial charge in [0.25, 0.3) is 5.91 Å². The summed E-state index contributed by atoms with van der Waals surface area (Å²) in [5.74, 6) is 1.69. The number of likely N-dealkylation sites (tertiary alicyclic amines) is 1. The van der Waals surface area contributed by atoms with Crippen LogP contribution < -0.4 is 0 Å². The van der Waals surface area contributed by atoms with Crippen molar-refractivity contribution in [2.75, 3.05) is 13.1 Å². The molecule has 1 amide bonds. The maximum absolute atomic E-state index is 12.8. The fourth-order valence-electron chi connectivity index (χ4n) is 3.37. The number of hydrogen-bond acceptors (Lipinski definition) is 5. The molecule has 0 saturated carbocycles. The van der Waals surface area contributed by atoms with Crippen molar-refractivity contribution < 1.29 is 13.6 Å². The van der Waals surface area contributed by atoms with Gasteiger partial charge in [0, 0.05) is 19.5 Å². The summed E-state index contributed by atoms with van der Waals surface area (Å²) in [4.78, 5) is 23.6. The topological polar surface area (TPSA) is 72.4 Å². The van der Waals surface area contributed by atoms with Gasteiger partial charge in [-0.15, -0.1) is 0 Å². The lowest BCUT2D eigenvalue weighted by Crippen LogP contribution is -2.39. The molecule has 25 heavy (non-hydrogen) atoms. The molecule has 2 aromatic heterocycles. The number of rotatable bonds is 3. The standard InChI is InChI=1S/C19H21N3O3/c1-3-16-20-12(2)17(25-16)19(23)22-10-6-7-13(11-22)18-21-14-8-4-5-9-15(14)24-18/h4-5,8-9,13H,3,6-7,10-11H2,1-2H3. The molecule has 0 aliphatic carbocycles. The molecule has 0 N–H and O–H groups in total. The number of para-hydroxylation sites is 2. The molecule has 0 spiro atoms. The Bertz CT molecular complexity index is 879. The summed E-state index contributed by atoms with van der Waals surface area (Å²) in [6.45, 7) is 5.09. The first-order chi connectivity index (χ1) is 12.2. The second kappa shape index (κ2) is 6.35. The molecule has 1 saturated heterocycles. The maximum atomic E-state index is 12.8. The summed E-state index contributed by atoms with van der Waals surface area (Å²) in [7, 11) is 0. The first-order valence-electron chi connectivity index (χ1n) is 8.76. The number of hydrogen-bond donors (Lipinski definition) is 0. The van der Waals surface area contributed by atoms with E-state index in [0.29, 0.717) is 36.2 Å². The van der Waals surface area contributed by atoms with Crippen LogP contribution in [0.25, 0.3) is 11.1 Å². The number of fused-ring (bicyclic) bond motifs is 1. The summed E-state index contributed by atoms with van der Waals surface area (Å²) in [5, 5.41) is 0. The van der Waals surface area contributed by atoms with Crippen molar-refractivity contribution in [3.05, 3.63) is 47.5 Å². The number of amides is 1. The number of aryl methyl sites for hydroxylation is 2. The molecule has 1 unspecified atom stereocenters. The van der Waals surface area contributed by atoms with Crippen molar-refractivity contribution in [1.29, 1.82) is 0 Å². The summed E-state index contributed by atoms with van der Waals surface area (Å²) in [6.07, 6.45) is 2.56. The molecule has 1 aliphatic heterocycles. The van der Waals surface area contributed by atoms with Crippen LogP contribution in [0.15, 0.2) is 33.1 Å². The maximum Gasteiger partial charge on any atom is 0.291 e. The highest BCUT2D eigenvalue weighted by molar-refractivity contribution is 5.92. The summed E-state index contributed by atoms with van der Waals surface area (Å²) in [6, 6.07) is 7.75. The molecule has 1 aromatic carbocycles. The Morgan fingerprint density at radius 3 is 2.88 bits per heavy atom. The van der Waals surface area contributed by atoms with Crippen molar-refractivity contribution in [3.8, 4) is 0 Å². The van der Waals surface area contributed by atoms with Crippen LogP contribution in [0.5, 0.6) is 0 Å². The number of benzene rings is 1. The van der Waals surface area contributed by atoms with Gasteiger partial charge < -0.3 is 13.7 Å². The number of nitrogens with zero attached hydrogens (tertiary/aromatic N) is 3. The fraction of sp³-hybridized carbons (Fsp3) is 0.421. The number of carbonyl (C=O) groups excluding carboxylic acids is 1. The average molecular weight is 339 g/mol. The highest BCUT2D eigenvalue weighted by Crippen LogP contribution is 2.30. The number of oxazole rings is 2. The van der Waals surface area contributed by atoms with E-state index in [2.05, 4.69) is 9.97 Å². The van der Waals surface area contributed by atoms with Crippen LogP contribution in [0.4, 0.5) is 0 Å². The van der Waals surface area contributed by atoms with Gasteiger partial charge in [0.05, 0.1) is 11.6 Å². The zero-order chi connectivity index (χ0) is 17.4. The van der Waals surface area contributed by atoms with Gasteiger partial charge in [-0.2, -0.15) is 0 Å². The van der Waals surface area contributed by atoms with Gasteiger partial charge in [0.15, 0.2) is 17.4 Å². The second-order valence-corrected chi connectivity index (χ2v) is 6.49. The Morgan fingerprint density at radius 1 is 1.28 bits per heavy atom. The molecule has 6 nitrogen and oxygen atoms in total. The van der Waals surface area contributed by atoms with Crippen LogP contribution in [0, 0.1) is 6.92 Å². The number of piperidine rings is 1. The third kappa shape index (κ3) is 2.92. The van der Waals surface area contributed by atoms with Crippen molar-refractivity contribution in [1.82, 2.24) is 14.9 Å². The zero-order valence-corrected chi connectivity index (χ0v) is 14.5. The van der Waals surface area contributed by atoms with Gasteiger partial charge >= 0.3 is 0 Å². The van der Waals surface area contributed by atoms with Gasteiger partial charge in [0.1, 0.15) is 5.52 Å². The van der Waals surface area contributed by atoms with Crippen LogP contribution in [0.2, 0.25) is 0 Å². The highest BCUT2D eigenvalue weighted by Gasteiger charge is 2.31. The van der Waals surface area contributed by atoms with Crippen LogP contribution in [0.3, 0.4) is 0 Å². The van der Waals surface area contributed by atoms with E-state index in [-0.39, 0.29) is 11.8 Å². The van der Waals surface area contributed by atoms with E-state index < -0.39 is 0 Å². The highest BCUT2D eigenvalue weighted by atomic mass is 16.4. The van der Waals surface area contributed by atoms with Crippen molar-refractivity contribution >= 4 is 17.0 Å². The fourth-order valence-corrected chi connectivity index (χ4v) is 3.37. The minimum absolute atomic E-state index is 0.0921. The van der Waals surface area contributed by atoms with Crippen molar-refractivity contribution in [2.24, 2.45) is 0 Å². The minimum Gasteiger partial charge on any atom is -0.440 e. The minimum atomic E-state index is -0.0921. The van der Waals surface area contributed by atoms with Crippen LogP contribution in [-0.2, 0) is 6.42 Å². The van der Waals surface area contributed by atoms with Crippen LogP contribution >= 0.6 is 0 Å². The van der Waals surface area contributed by atoms with Crippen molar-refractivity contribution in [2.45, 2.75) is 39.0 Å². The molecular weight excluding hydrogens is 318 g/mol. The first-order valence-corrected chi connectivity index (χ1v) is 8.76. The molecule has 0 radical (unpaired) electrons. The van der Waals surface area contributed by atoms with E-state index in [1.165, 1.54) is 0 Å². The van der Waals surface area contributed by atoms with Crippen molar-refractivity contribution in [3.63, 3.8) is 0 Å². The lowest BCUT2D eigenvalue weighted by atomic mass is 9.97. The SMILES string of the molecule is CCc1nc(C)c(C(=O)N2CCCC(c3nc4ccccc4o3)C2)o1. The van der Waals surface area contributed by atoms with E-state index in [1.54, 1.807) is 0 Å². The Labute approximate surface area is 145 Å². The zero-order valence-electron chi connectivity index (χ0n) is 14.5. The lowest BCUT2D eigenvalue weighted by molar-refractivity contribution is 0.0664. The average Bonchev–Trinajstić information content (AvgIpc) is 3.24. The first kappa shape index (κ1) is 15.9. The quantitative estimate of drug-likeness (QED) is 0.727. The predicted octanol–water partition coefficient (Wildman–Crippen LogP) is 3.71. The van der Waals surface area contributed by atoms with Gasteiger partial charge in [0.2, 0.25) is 5.76 Å². The van der Waals surface area contributed by atoms with Crippen LogP contribution in [-0.4, -0.2) is 33.9 Å². The van der Waals surface area contributed by atoms with E-state index in [1.807, 2.05) is 43.0 Å². The van der Waals surface area contributed by atoms with Crippen LogP contribution in [0.1, 0.15) is 53.7 Å². The third-order valence-electron chi connectivity index (χ3n) is 4.71. The molecular formula is C19H21N3O3. The van der Waals surface area contributed by atoms with Gasteiger partial charge in [-0.25, -0.2) is 9.97 Å². The van der Waals surface area contributed by atoms with E-state index >= 15 is 0 Å². The lowest BCUT2D eigenvalue weighted by Gasteiger charge is -2.30. The molecule has 130 valence electrons. The van der Waals surface area contributed by atoms with E-state index in [4.69, 9.17) is 8.83 Å². The molecule has 1 atom stereocenters. The Hall–Kier alpha value is -2.63. The Kier molecular flexibility index (Phi) is 4.03. The molecule has 6 heteroatoms. The number of carbonyl (C=O) groups is 1. The Morgan fingerprint density at radius 2 is 2.12 bits per heavy atom. The monoisotopic (exact) mass is 339 g/mol. The predicted molar refractivity (Wildman–Crippen MR) is 92.5 cm³/mol. The van der Waals surface area contributed by atoms with E-state index in [9.17, 15) is 4.79 Å². The largest absolute Gasteiger partial charge is 0.440 e. The number of aromatic nitrogens is 2. The molecule has 3 aromatic rings. The molecule has 0 bridgehead atoms.